The van der Waals surface area contributed by atoms with E-state index < -0.39 is 6.61 Å². The molecule has 16 heavy (non-hydrogen) atoms. The van der Waals surface area contributed by atoms with Gasteiger partial charge >= 0.3 is 0 Å². The minimum atomic E-state index is -0.427. The molecule has 1 saturated carbocycles. The SMILES string of the molecule is Cc1ccccc1C1(CNC(=O)CO)CC1. The fourth-order valence-corrected chi connectivity index (χ4v) is 2.18. The molecule has 1 aromatic carbocycles. The third-order valence-electron chi connectivity index (χ3n) is 3.34. The maximum atomic E-state index is 11.0. The molecule has 1 aliphatic carbocycles. The maximum Gasteiger partial charge on any atom is 0.245 e. The fraction of sp³-hybridized carbons (Fsp3) is 0.462. The predicted molar refractivity (Wildman–Crippen MR) is 62.2 cm³/mol. The van der Waals surface area contributed by atoms with E-state index in [-0.39, 0.29) is 11.3 Å². The van der Waals surface area contributed by atoms with Crippen LogP contribution in [0.5, 0.6) is 0 Å². The van der Waals surface area contributed by atoms with Gasteiger partial charge in [0.15, 0.2) is 0 Å². The van der Waals surface area contributed by atoms with Crippen LogP contribution in [0.4, 0.5) is 0 Å². The fourth-order valence-electron chi connectivity index (χ4n) is 2.18. The first kappa shape index (κ1) is 11.1. The molecule has 1 aliphatic rings. The van der Waals surface area contributed by atoms with Crippen LogP contribution in [0.1, 0.15) is 24.0 Å². The van der Waals surface area contributed by atoms with Crippen molar-refractivity contribution < 1.29 is 9.90 Å². The van der Waals surface area contributed by atoms with Gasteiger partial charge in [-0.05, 0) is 30.9 Å². The summed E-state index contributed by atoms with van der Waals surface area (Å²) in [6.07, 6.45) is 2.23. The zero-order valence-electron chi connectivity index (χ0n) is 9.49. The summed E-state index contributed by atoms with van der Waals surface area (Å²) in [4.78, 5) is 11.0. The third kappa shape index (κ3) is 2.09. The monoisotopic (exact) mass is 219 g/mol. The van der Waals surface area contributed by atoms with Crippen molar-refractivity contribution in [3.63, 3.8) is 0 Å². The number of aliphatic hydroxyl groups excluding tert-OH is 1. The van der Waals surface area contributed by atoms with Crippen LogP contribution in [0.3, 0.4) is 0 Å². The lowest BCUT2D eigenvalue weighted by Gasteiger charge is -2.18. The van der Waals surface area contributed by atoms with Gasteiger partial charge in [0.2, 0.25) is 5.91 Å². The lowest BCUT2D eigenvalue weighted by molar-refractivity contribution is -0.123. The molecule has 0 saturated heterocycles. The lowest BCUT2D eigenvalue weighted by Crippen LogP contribution is -2.34. The number of nitrogens with one attached hydrogen (secondary N) is 1. The zero-order valence-corrected chi connectivity index (χ0v) is 9.49. The molecule has 3 nitrogen and oxygen atoms in total. The van der Waals surface area contributed by atoms with Crippen LogP contribution in [0.15, 0.2) is 24.3 Å². The second-order valence-corrected chi connectivity index (χ2v) is 4.53. The van der Waals surface area contributed by atoms with Crippen molar-refractivity contribution in [1.29, 1.82) is 0 Å². The molecule has 1 fully saturated rings. The summed E-state index contributed by atoms with van der Waals surface area (Å²) in [5.41, 5.74) is 2.72. The van der Waals surface area contributed by atoms with Gasteiger partial charge in [0.05, 0.1) is 0 Å². The molecule has 0 spiro atoms. The Hall–Kier alpha value is -1.35. The van der Waals surface area contributed by atoms with E-state index in [1.807, 2.05) is 12.1 Å². The van der Waals surface area contributed by atoms with E-state index >= 15 is 0 Å². The van der Waals surface area contributed by atoms with E-state index in [1.54, 1.807) is 0 Å². The van der Waals surface area contributed by atoms with Gasteiger partial charge in [0.25, 0.3) is 0 Å². The van der Waals surface area contributed by atoms with Crippen LogP contribution in [0.2, 0.25) is 0 Å². The van der Waals surface area contributed by atoms with Crippen LogP contribution in [0, 0.1) is 6.92 Å². The first-order valence-corrected chi connectivity index (χ1v) is 5.62. The highest BCUT2D eigenvalue weighted by Crippen LogP contribution is 2.48. The molecule has 0 bridgehead atoms. The highest BCUT2D eigenvalue weighted by atomic mass is 16.3. The van der Waals surface area contributed by atoms with E-state index in [9.17, 15) is 4.79 Å². The Kier molecular flexibility index (Phi) is 2.97. The molecule has 0 unspecified atom stereocenters. The number of benzene rings is 1. The topological polar surface area (TPSA) is 49.3 Å². The second-order valence-electron chi connectivity index (χ2n) is 4.53. The maximum absolute atomic E-state index is 11.0. The second kappa shape index (κ2) is 4.26. The number of amides is 1. The number of carbonyl (C=O) groups excluding carboxylic acids is 1. The van der Waals surface area contributed by atoms with Crippen molar-refractivity contribution in [2.75, 3.05) is 13.2 Å². The Morgan fingerprint density at radius 3 is 2.69 bits per heavy atom. The summed E-state index contributed by atoms with van der Waals surface area (Å²) >= 11 is 0. The molecule has 3 heteroatoms. The number of hydrogen-bond donors (Lipinski definition) is 2. The quantitative estimate of drug-likeness (QED) is 0.797. The van der Waals surface area contributed by atoms with Crippen molar-refractivity contribution in [2.24, 2.45) is 0 Å². The van der Waals surface area contributed by atoms with Crippen LogP contribution in [-0.4, -0.2) is 24.2 Å². The zero-order chi connectivity index (χ0) is 11.6. The molecular weight excluding hydrogens is 202 g/mol. The Morgan fingerprint density at radius 2 is 2.12 bits per heavy atom. The molecule has 2 N–H and O–H groups in total. The van der Waals surface area contributed by atoms with E-state index in [2.05, 4.69) is 24.4 Å². The number of rotatable bonds is 4. The van der Waals surface area contributed by atoms with Gasteiger partial charge < -0.3 is 10.4 Å². The highest BCUT2D eigenvalue weighted by Gasteiger charge is 2.44. The lowest BCUT2D eigenvalue weighted by atomic mass is 9.92. The average molecular weight is 219 g/mol. The molecule has 0 heterocycles. The summed E-state index contributed by atoms with van der Waals surface area (Å²) in [6, 6.07) is 8.30. The molecule has 1 amide bonds. The largest absolute Gasteiger partial charge is 0.387 e. The number of hydrogen-bond acceptors (Lipinski definition) is 2. The Balaban J connectivity index is 2.09. The smallest absolute Gasteiger partial charge is 0.245 e. The van der Waals surface area contributed by atoms with Crippen molar-refractivity contribution in [3.8, 4) is 0 Å². The number of aliphatic hydroxyl groups is 1. The number of carbonyl (C=O) groups is 1. The van der Waals surface area contributed by atoms with Gasteiger partial charge in [0.1, 0.15) is 6.61 Å². The molecule has 1 aromatic rings. The van der Waals surface area contributed by atoms with Crippen molar-refractivity contribution in [1.82, 2.24) is 5.32 Å². The molecule has 2 rings (SSSR count). The minimum absolute atomic E-state index is 0.121. The van der Waals surface area contributed by atoms with Gasteiger partial charge in [-0.3, -0.25) is 4.79 Å². The van der Waals surface area contributed by atoms with Crippen LogP contribution in [-0.2, 0) is 10.2 Å². The Labute approximate surface area is 95.5 Å². The summed E-state index contributed by atoms with van der Waals surface area (Å²) in [6.45, 7) is 2.31. The van der Waals surface area contributed by atoms with E-state index in [1.165, 1.54) is 11.1 Å². The Bertz CT molecular complexity index is 397. The number of aryl methyl sites for hydroxylation is 1. The Morgan fingerprint density at radius 1 is 1.44 bits per heavy atom. The predicted octanol–water partition coefficient (Wildman–Crippen LogP) is 1.14. The summed E-state index contributed by atoms with van der Waals surface area (Å²) < 4.78 is 0. The van der Waals surface area contributed by atoms with Crippen molar-refractivity contribution in [2.45, 2.75) is 25.2 Å². The van der Waals surface area contributed by atoms with Gasteiger partial charge in [-0.15, -0.1) is 0 Å². The first-order valence-electron chi connectivity index (χ1n) is 5.62. The van der Waals surface area contributed by atoms with Gasteiger partial charge in [-0.2, -0.15) is 0 Å². The standard InChI is InChI=1S/C13H17NO2/c1-10-4-2-3-5-11(10)13(6-7-13)9-14-12(16)8-15/h2-5,15H,6-9H2,1H3,(H,14,16). The van der Waals surface area contributed by atoms with E-state index in [0.29, 0.717) is 6.54 Å². The summed E-state index contributed by atoms with van der Waals surface area (Å²) in [5, 5.41) is 11.4. The average Bonchev–Trinajstić information content (AvgIpc) is 3.07. The molecule has 0 radical (unpaired) electrons. The summed E-state index contributed by atoms with van der Waals surface area (Å²) in [5.74, 6) is -0.292. The highest BCUT2D eigenvalue weighted by molar-refractivity contribution is 5.77. The minimum Gasteiger partial charge on any atom is -0.387 e. The first-order chi connectivity index (χ1) is 7.68. The van der Waals surface area contributed by atoms with Gasteiger partial charge in [0, 0.05) is 12.0 Å². The molecule has 0 aliphatic heterocycles. The third-order valence-corrected chi connectivity index (χ3v) is 3.34. The normalized spacial score (nSPS) is 16.9. The van der Waals surface area contributed by atoms with Gasteiger partial charge in [-0.1, -0.05) is 24.3 Å². The molecule has 0 atom stereocenters. The van der Waals surface area contributed by atoms with Gasteiger partial charge in [-0.25, -0.2) is 0 Å². The molecule has 0 aromatic heterocycles. The van der Waals surface area contributed by atoms with Crippen molar-refractivity contribution in [3.05, 3.63) is 35.4 Å². The molecular formula is C13H17NO2. The van der Waals surface area contributed by atoms with E-state index in [4.69, 9.17) is 5.11 Å². The van der Waals surface area contributed by atoms with Crippen molar-refractivity contribution >= 4 is 5.91 Å². The summed E-state index contributed by atoms with van der Waals surface area (Å²) in [7, 11) is 0. The van der Waals surface area contributed by atoms with Crippen LogP contribution in [0.25, 0.3) is 0 Å². The van der Waals surface area contributed by atoms with Crippen LogP contribution < -0.4 is 5.32 Å². The van der Waals surface area contributed by atoms with E-state index in [0.717, 1.165) is 12.8 Å². The van der Waals surface area contributed by atoms with Crippen LogP contribution >= 0.6 is 0 Å². The molecule has 86 valence electrons.